The molecular formula is C12H21ClN2O3S. The Morgan fingerprint density at radius 1 is 1.47 bits per heavy atom. The Kier molecular flexibility index (Phi) is 6.29. The Balaban J connectivity index is 2.91. The van der Waals surface area contributed by atoms with E-state index >= 15 is 0 Å². The Bertz CT molecular complexity index is 497. The fraction of sp³-hybridized carbons (Fsp3) is 0.750. The molecule has 0 saturated heterocycles. The van der Waals surface area contributed by atoms with Gasteiger partial charge in [-0.25, -0.2) is 8.42 Å². The number of halogens is 1. The highest BCUT2D eigenvalue weighted by Crippen LogP contribution is 2.21. The van der Waals surface area contributed by atoms with Crippen molar-refractivity contribution in [3.05, 3.63) is 11.9 Å². The fourth-order valence-electron chi connectivity index (χ4n) is 1.66. The molecule has 0 bridgehead atoms. The molecule has 0 saturated carbocycles. The number of nitrogens with zero attached hydrogens (tertiary/aromatic N) is 2. The summed E-state index contributed by atoms with van der Waals surface area (Å²) in [5, 5.41) is 4.09. The van der Waals surface area contributed by atoms with Crippen molar-refractivity contribution in [3.8, 4) is 0 Å². The first kappa shape index (κ1) is 16.5. The Labute approximate surface area is 119 Å². The summed E-state index contributed by atoms with van der Waals surface area (Å²) in [6, 6.07) is 0. The molecule has 110 valence electrons. The molecule has 7 heteroatoms. The first-order valence-electron chi connectivity index (χ1n) is 6.43. The molecular weight excluding hydrogens is 288 g/mol. The molecule has 0 N–H and O–H groups in total. The molecule has 1 rings (SSSR count). The molecule has 0 atom stereocenters. The van der Waals surface area contributed by atoms with Gasteiger partial charge in [-0.15, -0.1) is 0 Å². The number of hydrogen-bond donors (Lipinski definition) is 0. The average Bonchev–Trinajstić information content (AvgIpc) is 2.66. The second-order valence-electron chi connectivity index (χ2n) is 4.88. The minimum absolute atomic E-state index is 0.0475. The van der Waals surface area contributed by atoms with Crippen LogP contribution in [0.4, 0.5) is 0 Å². The third-order valence-electron chi connectivity index (χ3n) is 2.59. The quantitative estimate of drug-likeness (QED) is 0.547. The molecule has 1 heterocycles. The van der Waals surface area contributed by atoms with Crippen molar-refractivity contribution in [2.24, 2.45) is 5.92 Å². The van der Waals surface area contributed by atoms with Gasteiger partial charge >= 0.3 is 0 Å². The molecule has 0 spiro atoms. The Morgan fingerprint density at radius 2 is 2.16 bits per heavy atom. The van der Waals surface area contributed by atoms with E-state index in [1.165, 1.54) is 6.20 Å². The highest BCUT2D eigenvalue weighted by Gasteiger charge is 2.21. The standard InChI is InChI=1S/C12H21ClN2O3S/c1-4-5-6-18-9-11-12(19(13,16)17)7-14-15(11)8-10(2)3/h7,10H,4-6,8-9H2,1-3H3. The number of rotatable bonds is 8. The zero-order valence-electron chi connectivity index (χ0n) is 11.6. The second kappa shape index (κ2) is 7.26. The SMILES string of the molecule is CCCCOCc1c(S(=O)(=O)Cl)cnn1CC(C)C. The van der Waals surface area contributed by atoms with Gasteiger partial charge < -0.3 is 4.74 Å². The predicted octanol–water partition coefficient (Wildman–Crippen LogP) is 2.78. The average molecular weight is 309 g/mol. The van der Waals surface area contributed by atoms with Crippen LogP contribution < -0.4 is 0 Å². The maximum Gasteiger partial charge on any atom is 0.264 e. The monoisotopic (exact) mass is 308 g/mol. The largest absolute Gasteiger partial charge is 0.375 e. The van der Waals surface area contributed by atoms with E-state index in [1.54, 1.807) is 4.68 Å². The van der Waals surface area contributed by atoms with Gasteiger partial charge in [0.25, 0.3) is 9.05 Å². The summed E-state index contributed by atoms with van der Waals surface area (Å²) in [6.45, 7) is 7.61. The van der Waals surface area contributed by atoms with Gasteiger partial charge in [-0.3, -0.25) is 4.68 Å². The zero-order chi connectivity index (χ0) is 14.5. The van der Waals surface area contributed by atoms with Crippen LogP contribution in [-0.4, -0.2) is 24.8 Å². The normalized spacial score (nSPS) is 12.3. The summed E-state index contributed by atoms with van der Waals surface area (Å²) in [5.74, 6) is 0.361. The lowest BCUT2D eigenvalue weighted by Crippen LogP contribution is -2.12. The molecule has 0 aliphatic carbocycles. The van der Waals surface area contributed by atoms with Crippen LogP contribution in [0.15, 0.2) is 11.1 Å². The molecule has 0 radical (unpaired) electrons. The minimum atomic E-state index is -3.78. The number of aromatic nitrogens is 2. The molecule has 1 aromatic rings. The van der Waals surface area contributed by atoms with E-state index < -0.39 is 9.05 Å². The van der Waals surface area contributed by atoms with Crippen LogP contribution >= 0.6 is 10.7 Å². The lowest BCUT2D eigenvalue weighted by molar-refractivity contribution is 0.110. The van der Waals surface area contributed by atoms with E-state index in [4.69, 9.17) is 15.4 Å². The van der Waals surface area contributed by atoms with Crippen LogP contribution in [0.5, 0.6) is 0 Å². The zero-order valence-corrected chi connectivity index (χ0v) is 13.2. The van der Waals surface area contributed by atoms with Crippen LogP contribution in [0.3, 0.4) is 0 Å². The van der Waals surface area contributed by atoms with Gasteiger partial charge in [0.2, 0.25) is 0 Å². The lowest BCUT2D eigenvalue weighted by atomic mass is 10.2. The van der Waals surface area contributed by atoms with E-state index in [2.05, 4.69) is 12.0 Å². The molecule has 5 nitrogen and oxygen atoms in total. The van der Waals surface area contributed by atoms with Crippen LogP contribution in [-0.2, 0) is 26.9 Å². The fourth-order valence-corrected chi connectivity index (χ4v) is 2.67. The summed E-state index contributed by atoms with van der Waals surface area (Å²) >= 11 is 0. The summed E-state index contributed by atoms with van der Waals surface area (Å²) in [7, 11) is 1.63. The highest BCUT2D eigenvalue weighted by molar-refractivity contribution is 8.13. The van der Waals surface area contributed by atoms with E-state index in [-0.39, 0.29) is 11.5 Å². The highest BCUT2D eigenvalue weighted by atomic mass is 35.7. The minimum Gasteiger partial charge on any atom is -0.375 e. The van der Waals surface area contributed by atoms with Gasteiger partial charge in [0.1, 0.15) is 4.90 Å². The van der Waals surface area contributed by atoms with Crippen molar-refractivity contribution >= 4 is 19.7 Å². The van der Waals surface area contributed by atoms with Crippen molar-refractivity contribution in [1.82, 2.24) is 9.78 Å². The van der Waals surface area contributed by atoms with Crippen molar-refractivity contribution < 1.29 is 13.2 Å². The number of ether oxygens (including phenoxy) is 1. The van der Waals surface area contributed by atoms with Gasteiger partial charge in [-0.2, -0.15) is 5.10 Å². The van der Waals surface area contributed by atoms with Gasteiger partial charge in [-0.05, 0) is 12.3 Å². The molecule has 0 aromatic carbocycles. The topological polar surface area (TPSA) is 61.2 Å². The molecule has 19 heavy (non-hydrogen) atoms. The first-order valence-corrected chi connectivity index (χ1v) is 8.74. The van der Waals surface area contributed by atoms with Crippen LogP contribution in [0.1, 0.15) is 39.3 Å². The van der Waals surface area contributed by atoms with Gasteiger partial charge in [0.15, 0.2) is 0 Å². The summed E-state index contributed by atoms with van der Waals surface area (Å²) in [5.41, 5.74) is 0.528. The summed E-state index contributed by atoms with van der Waals surface area (Å²) in [4.78, 5) is 0.0475. The van der Waals surface area contributed by atoms with E-state index in [1.807, 2.05) is 13.8 Å². The number of hydrogen-bond acceptors (Lipinski definition) is 4. The van der Waals surface area contributed by atoms with Crippen LogP contribution in [0.25, 0.3) is 0 Å². The Morgan fingerprint density at radius 3 is 2.68 bits per heavy atom. The van der Waals surface area contributed by atoms with Crippen molar-refractivity contribution in [1.29, 1.82) is 0 Å². The summed E-state index contributed by atoms with van der Waals surface area (Å²) in [6.07, 6.45) is 3.27. The van der Waals surface area contributed by atoms with Crippen molar-refractivity contribution in [2.75, 3.05) is 6.61 Å². The predicted molar refractivity (Wildman–Crippen MR) is 74.7 cm³/mol. The van der Waals surface area contributed by atoms with E-state index in [9.17, 15) is 8.42 Å². The maximum atomic E-state index is 11.5. The van der Waals surface area contributed by atoms with Gasteiger partial charge in [-0.1, -0.05) is 27.2 Å². The third kappa shape index (κ3) is 5.12. The molecule has 0 aliphatic heterocycles. The van der Waals surface area contributed by atoms with E-state index in [0.717, 1.165) is 12.8 Å². The molecule has 0 aliphatic rings. The van der Waals surface area contributed by atoms with Crippen LogP contribution in [0, 0.1) is 5.92 Å². The molecule has 0 amide bonds. The van der Waals surface area contributed by atoms with Crippen molar-refractivity contribution in [3.63, 3.8) is 0 Å². The van der Waals surface area contributed by atoms with E-state index in [0.29, 0.717) is 24.8 Å². The van der Waals surface area contributed by atoms with Crippen LogP contribution in [0.2, 0.25) is 0 Å². The van der Waals surface area contributed by atoms with Gasteiger partial charge in [0.05, 0.1) is 18.5 Å². The molecule has 0 fully saturated rings. The summed E-state index contributed by atoms with van der Waals surface area (Å²) < 4.78 is 30.1. The maximum absolute atomic E-state index is 11.5. The lowest BCUT2D eigenvalue weighted by Gasteiger charge is -2.11. The third-order valence-corrected chi connectivity index (χ3v) is 3.96. The first-order chi connectivity index (χ1) is 8.86. The number of unbranched alkanes of at least 4 members (excludes halogenated alkanes) is 1. The van der Waals surface area contributed by atoms with Gasteiger partial charge in [0, 0.05) is 23.8 Å². The molecule has 1 aromatic heterocycles. The Hall–Kier alpha value is -0.590. The smallest absolute Gasteiger partial charge is 0.264 e. The van der Waals surface area contributed by atoms with Crippen molar-refractivity contribution in [2.45, 2.75) is 51.7 Å². The molecule has 0 unspecified atom stereocenters. The second-order valence-corrected chi connectivity index (χ2v) is 7.41.